The molecule has 0 aliphatic heterocycles. The van der Waals surface area contributed by atoms with Crippen molar-refractivity contribution in [2.45, 2.75) is 33.2 Å². The predicted molar refractivity (Wildman–Crippen MR) is 227 cm³/mol. The number of hydrogen-bond donors (Lipinski definition) is 0. The maximum atomic E-state index is 5.45. The van der Waals surface area contributed by atoms with Crippen molar-refractivity contribution in [2.24, 2.45) is 15.9 Å². The minimum atomic E-state index is -0.0413. The van der Waals surface area contributed by atoms with Crippen molar-refractivity contribution < 1.29 is 0 Å². The van der Waals surface area contributed by atoms with Gasteiger partial charge < -0.3 is 4.57 Å². The van der Waals surface area contributed by atoms with Gasteiger partial charge in [0.15, 0.2) is 5.84 Å². The van der Waals surface area contributed by atoms with Crippen LogP contribution in [0.3, 0.4) is 0 Å². The van der Waals surface area contributed by atoms with Gasteiger partial charge in [-0.15, -0.1) is 0 Å². The van der Waals surface area contributed by atoms with Crippen molar-refractivity contribution in [3.05, 3.63) is 181 Å². The van der Waals surface area contributed by atoms with Gasteiger partial charge in [0.1, 0.15) is 11.7 Å². The van der Waals surface area contributed by atoms with Crippen LogP contribution in [0.5, 0.6) is 0 Å². The van der Waals surface area contributed by atoms with E-state index in [-0.39, 0.29) is 6.04 Å². The first kappa shape index (κ1) is 33.3. The van der Waals surface area contributed by atoms with Crippen LogP contribution in [0, 0.1) is 5.92 Å². The molecule has 0 N–H and O–H groups in total. The van der Waals surface area contributed by atoms with E-state index in [1.807, 2.05) is 12.1 Å². The van der Waals surface area contributed by atoms with Gasteiger partial charge in [0.2, 0.25) is 0 Å². The third-order valence-electron chi connectivity index (χ3n) is 10.7. The molecule has 0 saturated carbocycles. The second-order valence-corrected chi connectivity index (χ2v) is 14.1. The lowest BCUT2D eigenvalue weighted by atomic mass is 9.93. The number of amidine groups is 1. The lowest BCUT2D eigenvalue weighted by Gasteiger charge is -2.21. The van der Waals surface area contributed by atoms with E-state index >= 15 is 0 Å². The summed E-state index contributed by atoms with van der Waals surface area (Å²) < 4.78 is 4.58. The summed E-state index contributed by atoms with van der Waals surface area (Å²) in [6.07, 6.45) is 1.00. The Hall–Kier alpha value is -6.59. The van der Waals surface area contributed by atoms with Crippen molar-refractivity contribution in [1.29, 1.82) is 0 Å². The summed E-state index contributed by atoms with van der Waals surface area (Å²) in [5.74, 6) is 2.68. The molecule has 0 radical (unpaired) electrons. The summed E-state index contributed by atoms with van der Waals surface area (Å²) in [4.78, 5) is 16.2. The van der Waals surface area contributed by atoms with Crippen LogP contribution in [0.4, 0.5) is 0 Å². The average Bonchev–Trinajstić information content (AvgIpc) is 3.76. The highest BCUT2D eigenvalue weighted by molar-refractivity contribution is 6.16. The number of aliphatic imine (C=N–C) groups is 2. The Bertz CT molecular complexity index is 2810. The third-order valence-corrected chi connectivity index (χ3v) is 10.7. The number of fused-ring (bicyclic) bond motifs is 5. The fraction of sp³-hybridized carbons (Fsp3) is 0.122. The zero-order valence-electron chi connectivity index (χ0n) is 30.8. The Morgan fingerprint density at radius 2 is 1.24 bits per heavy atom. The lowest BCUT2D eigenvalue weighted by molar-refractivity contribution is 0.459. The van der Waals surface area contributed by atoms with E-state index in [9.17, 15) is 0 Å². The number of hydrogen-bond acceptors (Lipinski definition) is 2. The lowest BCUT2D eigenvalue weighted by Crippen LogP contribution is -2.15. The van der Waals surface area contributed by atoms with Gasteiger partial charge in [-0.1, -0.05) is 148 Å². The van der Waals surface area contributed by atoms with Gasteiger partial charge >= 0.3 is 0 Å². The molecule has 2 unspecified atom stereocenters. The quantitative estimate of drug-likeness (QED) is 0.121. The Balaban J connectivity index is 1.28. The third kappa shape index (κ3) is 5.98. The summed E-state index contributed by atoms with van der Waals surface area (Å²) in [5, 5.41) is 4.74. The molecular weight excluding hydrogens is 659 g/mol. The first-order chi connectivity index (χ1) is 26.6. The molecule has 0 saturated heterocycles. The zero-order chi connectivity index (χ0) is 36.6. The van der Waals surface area contributed by atoms with Crippen LogP contribution in [-0.4, -0.2) is 25.8 Å². The second kappa shape index (κ2) is 14.1. The van der Waals surface area contributed by atoms with Crippen molar-refractivity contribution >= 4 is 55.3 Å². The monoisotopic (exact) mass is 699 g/mol. The number of benzene rings is 7. The van der Waals surface area contributed by atoms with E-state index in [2.05, 4.69) is 188 Å². The van der Waals surface area contributed by atoms with E-state index in [0.717, 1.165) is 56.7 Å². The van der Waals surface area contributed by atoms with Gasteiger partial charge in [0, 0.05) is 27.6 Å². The van der Waals surface area contributed by atoms with E-state index in [1.165, 1.54) is 27.4 Å². The summed E-state index contributed by atoms with van der Waals surface area (Å²) in [5.41, 5.74) is 8.62. The Morgan fingerprint density at radius 1 is 0.630 bits per heavy atom. The number of imidazole rings is 1. The number of rotatable bonds is 7. The zero-order valence-corrected chi connectivity index (χ0v) is 30.8. The van der Waals surface area contributed by atoms with E-state index in [1.54, 1.807) is 0 Å². The van der Waals surface area contributed by atoms with Crippen LogP contribution in [0.15, 0.2) is 180 Å². The predicted octanol–water partition coefficient (Wildman–Crippen LogP) is 12.5. The molecule has 0 aliphatic carbocycles. The van der Waals surface area contributed by atoms with Gasteiger partial charge in [-0.05, 0) is 71.6 Å². The first-order valence-corrected chi connectivity index (χ1v) is 18.8. The molecule has 2 heterocycles. The molecule has 0 amide bonds. The highest BCUT2D eigenvalue weighted by Gasteiger charge is 2.21. The summed E-state index contributed by atoms with van der Waals surface area (Å²) in [6.45, 7) is 6.58. The van der Waals surface area contributed by atoms with Crippen LogP contribution in [-0.2, 0) is 0 Å². The highest BCUT2D eigenvalue weighted by Crippen LogP contribution is 2.37. The van der Waals surface area contributed by atoms with Crippen molar-refractivity contribution in [2.75, 3.05) is 0 Å². The summed E-state index contributed by atoms with van der Waals surface area (Å²) >= 11 is 0. The standard InChI is InChI=1S/C49H41N5/c1-4-33(2)47(35-19-9-5-10-20-35)52-48(36-21-11-6-12-22-36)50-34(3)53-46-32-38-29-42-41-27-17-18-28-44(41)54(40-25-15-8-16-26-40)45(42)31-39(38)30-43(46)51-49(53)37-23-13-7-14-24-37/h5-33,47H,4H2,1-3H3. The molecule has 2 atom stereocenters. The number of nitrogens with zero attached hydrogens (tertiary/aromatic N) is 5. The van der Waals surface area contributed by atoms with Gasteiger partial charge in [-0.2, -0.15) is 0 Å². The van der Waals surface area contributed by atoms with E-state index in [4.69, 9.17) is 15.0 Å². The maximum Gasteiger partial charge on any atom is 0.157 e. The normalized spacial score (nSPS) is 13.6. The van der Waals surface area contributed by atoms with Gasteiger partial charge in [-0.25, -0.2) is 9.98 Å². The summed E-state index contributed by atoms with van der Waals surface area (Å²) in [7, 11) is 0. The Labute approximate surface area is 315 Å². The Kier molecular flexibility index (Phi) is 8.68. The van der Waals surface area contributed by atoms with Crippen molar-refractivity contribution in [3.8, 4) is 17.1 Å². The smallest absolute Gasteiger partial charge is 0.157 e. The Morgan fingerprint density at radius 3 is 1.96 bits per heavy atom. The van der Waals surface area contributed by atoms with Gasteiger partial charge in [0.25, 0.3) is 0 Å². The second-order valence-electron chi connectivity index (χ2n) is 14.1. The molecule has 262 valence electrons. The van der Waals surface area contributed by atoms with Crippen LogP contribution in [0.1, 0.15) is 44.4 Å². The molecular formula is C49H41N5. The molecule has 9 rings (SSSR count). The van der Waals surface area contributed by atoms with Crippen LogP contribution >= 0.6 is 0 Å². The fourth-order valence-corrected chi connectivity index (χ4v) is 7.75. The average molecular weight is 700 g/mol. The molecule has 9 aromatic rings. The minimum Gasteiger partial charge on any atom is -0.309 e. The molecule has 54 heavy (non-hydrogen) atoms. The summed E-state index contributed by atoms with van der Waals surface area (Å²) in [6, 6.07) is 59.8. The fourth-order valence-electron chi connectivity index (χ4n) is 7.75. The maximum absolute atomic E-state index is 5.45. The molecule has 0 bridgehead atoms. The highest BCUT2D eigenvalue weighted by atomic mass is 15.2. The van der Waals surface area contributed by atoms with Crippen LogP contribution in [0.25, 0.3) is 60.7 Å². The molecule has 5 nitrogen and oxygen atoms in total. The molecule has 5 heteroatoms. The molecule has 0 fully saturated rings. The van der Waals surface area contributed by atoms with E-state index in [0.29, 0.717) is 11.8 Å². The number of aromatic nitrogens is 3. The van der Waals surface area contributed by atoms with Crippen molar-refractivity contribution in [1.82, 2.24) is 14.1 Å². The SMILES string of the molecule is CCC(C)C(N=C(N=C(C)n1c(-c2ccccc2)nc2cc3cc4c(cc3cc21)c1ccccc1n4-c1ccccc1)c1ccccc1)c1ccccc1. The van der Waals surface area contributed by atoms with Crippen LogP contribution < -0.4 is 0 Å². The largest absolute Gasteiger partial charge is 0.309 e. The molecule has 0 aliphatic rings. The first-order valence-electron chi connectivity index (χ1n) is 18.8. The van der Waals surface area contributed by atoms with Crippen molar-refractivity contribution in [3.63, 3.8) is 0 Å². The van der Waals surface area contributed by atoms with Crippen LogP contribution in [0.2, 0.25) is 0 Å². The molecule has 7 aromatic carbocycles. The number of para-hydroxylation sites is 2. The minimum absolute atomic E-state index is 0.0413. The molecule has 2 aromatic heterocycles. The topological polar surface area (TPSA) is 47.5 Å². The molecule has 0 spiro atoms. The van der Waals surface area contributed by atoms with E-state index < -0.39 is 0 Å². The van der Waals surface area contributed by atoms with Gasteiger partial charge in [-0.3, -0.25) is 9.56 Å². The van der Waals surface area contributed by atoms with Gasteiger partial charge in [0.05, 0.1) is 28.1 Å².